The molecule has 1 N–H and O–H groups in total. The normalized spacial score (nSPS) is 15.0. The number of hydrogen-bond acceptors (Lipinski definition) is 2. The summed E-state index contributed by atoms with van der Waals surface area (Å²) in [5.74, 6) is -0.176. The highest BCUT2D eigenvalue weighted by atomic mass is 16.2. The zero-order chi connectivity index (χ0) is 8.27. The van der Waals surface area contributed by atoms with Crippen molar-refractivity contribution in [2.75, 3.05) is 7.05 Å². The number of rotatable bonds is 2. The molecule has 3 amide bonds. The Morgan fingerprint density at radius 1 is 1.73 bits per heavy atom. The van der Waals surface area contributed by atoms with Crippen LogP contribution >= 0.6 is 0 Å². The van der Waals surface area contributed by atoms with Crippen molar-refractivity contribution >= 4 is 23.9 Å². The maximum Gasteiger partial charge on any atom is 0.367 e. The quantitative estimate of drug-likeness (QED) is 0.595. The Bertz CT molecular complexity index is 255. The Morgan fingerprint density at radius 3 is 2.91 bits per heavy atom. The molecule has 0 spiro atoms. The smallest absolute Gasteiger partial charge is 0.359 e. The van der Waals surface area contributed by atoms with E-state index in [4.69, 9.17) is 0 Å². The summed E-state index contributed by atoms with van der Waals surface area (Å²) in [5, 5.41) is 2.41. The summed E-state index contributed by atoms with van der Waals surface area (Å²) in [6, 6.07) is -0.538. The average molecular weight is 153 g/mol. The van der Waals surface area contributed by atoms with Crippen LogP contribution in [0, 0.1) is 0 Å². The summed E-state index contributed by atoms with van der Waals surface area (Å²) in [4.78, 5) is 27.9. The van der Waals surface area contributed by atoms with E-state index in [0.29, 0.717) is 5.71 Å². The van der Waals surface area contributed by atoms with Crippen LogP contribution in [0.4, 0.5) is 4.79 Å². The first-order valence-corrected chi connectivity index (χ1v) is 3.08. The number of nitrogens with zero attached hydrogens (tertiary/aromatic N) is 2. The Kier molecular flexibility index (Phi) is 2.10. The van der Waals surface area contributed by atoms with Gasteiger partial charge in [0.25, 0.3) is 0 Å². The van der Waals surface area contributed by atoms with Gasteiger partial charge >= 0.3 is 6.03 Å². The maximum atomic E-state index is 10.7. The van der Waals surface area contributed by atoms with E-state index >= 15 is 0 Å². The second kappa shape index (κ2) is 3.05. The first kappa shape index (κ1) is 7.59. The largest absolute Gasteiger partial charge is 0.367 e. The van der Waals surface area contributed by atoms with E-state index in [-0.39, 0.29) is 12.3 Å². The molecule has 0 atom stereocenters. The summed E-state index contributed by atoms with van der Waals surface area (Å²) < 4.78 is 0. The van der Waals surface area contributed by atoms with Crippen LogP contribution in [0.2, 0.25) is 0 Å². The zero-order valence-corrected chi connectivity index (χ0v) is 6.00. The third-order valence-electron chi connectivity index (χ3n) is 1.18. The summed E-state index contributed by atoms with van der Waals surface area (Å²) in [7, 11) is 1.52. The van der Waals surface area contributed by atoms with Gasteiger partial charge < -0.3 is 5.32 Å². The van der Waals surface area contributed by atoms with Gasteiger partial charge in [-0.1, -0.05) is 0 Å². The number of carbonyl (C=O) groups is 2. The summed E-state index contributed by atoms with van der Waals surface area (Å²) in [5.41, 5.74) is 0.411. The van der Waals surface area contributed by atoms with Crippen molar-refractivity contribution in [3.8, 4) is 0 Å². The molecular formula is C6H7N3O2. The highest BCUT2D eigenvalue weighted by Crippen LogP contribution is 1.95. The van der Waals surface area contributed by atoms with E-state index in [1.807, 2.05) is 0 Å². The minimum atomic E-state index is -0.538. The monoisotopic (exact) mass is 153 g/mol. The van der Waals surface area contributed by atoms with E-state index in [1.54, 1.807) is 0 Å². The molecule has 1 aliphatic rings. The van der Waals surface area contributed by atoms with Crippen molar-refractivity contribution < 1.29 is 9.59 Å². The van der Waals surface area contributed by atoms with Crippen LogP contribution in [0.5, 0.6) is 0 Å². The van der Waals surface area contributed by atoms with Crippen molar-refractivity contribution in [2.45, 2.75) is 6.42 Å². The molecule has 5 nitrogen and oxygen atoms in total. The number of carbonyl (C=O) groups excluding carboxylic acids is 2. The molecular weight excluding hydrogens is 146 g/mol. The third kappa shape index (κ3) is 1.96. The number of aliphatic imine (C=N–C) groups is 2. The Balaban J connectivity index is 2.52. The van der Waals surface area contributed by atoms with Crippen LogP contribution in [0.1, 0.15) is 6.42 Å². The van der Waals surface area contributed by atoms with Crippen molar-refractivity contribution in [1.29, 1.82) is 0 Å². The van der Waals surface area contributed by atoms with Gasteiger partial charge in [-0.05, 0) is 0 Å². The lowest BCUT2D eigenvalue weighted by molar-refractivity contribution is -0.119. The second-order valence-corrected chi connectivity index (χ2v) is 1.99. The Morgan fingerprint density at radius 2 is 2.45 bits per heavy atom. The molecule has 0 fully saturated rings. The molecule has 0 aromatic rings. The van der Waals surface area contributed by atoms with Gasteiger partial charge in [-0.3, -0.25) is 4.79 Å². The molecule has 0 radical (unpaired) electrons. The Labute approximate surface area is 63.2 Å². The maximum absolute atomic E-state index is 10.7. The van der Waals surface area contributed by atoms with Crippen LogP contribution in [0.15, 0.2) is 9.98 Å². The molecule has 11 heavy (non-hydrogen) atoms. The topological polar surface area (TPSA) is 70.9 Å². The molecule has 0 bridgehead atoms. The molecule has 0 saturated carbocycles. The molecule has 1 heterocycles. The van der Waals surface area contributed by atoms with Crippen LogP contribution in [-0.2, 0) is 4.79 Å². The van der Waals surface area contributed by atoms with Gasteiger partial charge in [0.05, 0.1) is 18.3 Å². The van der Waals surface area contributed by atoms with Gasteiger partial charge in [0.15, 0.2) is 0 Å². The molecule has 0 saturated heterocycles. The highest BCUT2D eigenvalue weighted by Gasteiger charge is 2.10. The van der Waals surface area contributed by atoms with Crippen LogP contribution in [0.3, 0.4) is 0 Å². The Hall–Kier alpha value is -1.52. The lowest BCUT2D eigenvalue weighted by Crippen LogP contribution is -2.21. The molecule has 5 heteroatoms. The van der Waals surface area contributed by atoms with Gasteiger partial charge in [0, 0.05) is 7.05 Å². The molecule has 1 aliphatic heterocycles. The van der Waals surface area contributed by atoms with Crippen molar-refractivity contribution in [2.24, 2.45) is 9.98 Å². The van der Waals surface area contributed by atoms with Crippen LogP contribution in [-0.4, -0.2) is 30.9 Å². The SMILES string of the molecule is CNC(=O)CC1=NC(=O)N=C1. The minimum absolute atomic E-state index is 0.117. The standard InChI is InChI=1S/C6H7N3O2/c1-7-5(10)2-4-3-8-6(11)9-4/h3H,2H2,1H3,(H,7,10). The van der Waals surface area contributed by atoms with Crippen molar-refractivity contribution in [3.05, 3.63) is 0 Å². The van der Waals surface area contributed by atoms with E-state index in [9.17, 15) is 9.59 Å². The van der Waals surface area contributed by atoms with Gasteiger partial charge in [-0.2, -0.15) is 9.98 Å². The van der Waals surface area contributed by atoms with Crippen molar-refractivity contribution in [1.82, 2.24) is 5.32 Å². The predicted molar refractivity (Wildman–Crippen MR) is 40.0 cm³/mol. The van der Waals surface area contributed by atoms with Gasteiger partial charge in [-0.15, -0.1) is 0 Å². The van der Waals surface area contributed by atoms with Gasteiger partial charge in [0.2, 0.25) is 5.91 Å². The first-order valence-electron chi connectivity index (χ1n) is 3.08. The van der Waals surface area contributed by atoms with E-state index in [0.717, 1.165) is 0 Å². The third-order valence-corrected chi connectivity index (χ3v) is 1.18. The van der Waals surface area contributed by atoms with Crippen LogP contribution in [0.25, 0.3) is 0 Å². The molecule has 1 rings (SSSR count). The molecule has 58 valence electrons. The van der Waals surface area contributed by atoms with Crippen LogP contribution < -0.4 is 5.32 Å². The summed E-state index contributed by atoms with van der Waals surface area (Å²) >= 11 is 0. The molecule has 0 aliphatic carbocycles. The lowest BCUT2D eigenvalue weighted by Gasteiger charge is -1.93. The summed E-state index contributed by atoms with van der Waals surface area (Å²) in [6.45, 7) is 0. The van der Waals surface area contributed by atoms with E-state index < -0.39 is 6.03 Å². The van der Waals surface area contributed by atoms with E-state index in [2.05, 4.69) is 15.3 Å². The highest BCUT2D eigenvalue weighted by molar-refractivity contribution is 6.40. The zero-order valence-electron chi connectivity index (χ0n) is 6.00. The fraction of sp³-hybridized carbons (Fsp3) is 0.333. The van der Waals surface area contributed by atoms with Gasteiger partial charge in [0.1, 0.15) is 0 Å². The molecule has 0 aromatic heterocycles. The minimum Gasteiger partial charge on any atom is -0.359 e. The fourth-order valence-electron chi connectivity index (χ4n) is 0.648. The number of amides is 3. The average Bonchev–Trinajstić information content (AvgIpc) is 2.35. The van der Waals surface area contributed by atoms with E-state index in [1.165, 1.54) is 13.3 Å². The number of nitrogens with one attached hydrogen (secondary N) is 1. The molecule has 0 unspecified atom stereocenters. The second-order valence-electron chi connectivity index (χ2n) is 1.99. The fourth-order valence-corrected chi connectivity index (χ4v) is 0.648. The number of hydrogen-bond donors (Lipinski definition) is 1. The van der Waals surface area contributed by atoms with Gasteiger partial charge in [-0.25, -0.2) is 4.79 Å². The van der Waals surface area contributed by atoms with Crippen molar-refractivity contribution in [3.63, 3.8) is 0 Å². The first-order chi connectivity index (χ1) is 5.22. The predicted octanol–water partition coefficient (Wildman–Crippen LogP) is -0.232. The number of urea groups is 1. The summed E-state index contributed by atoms with van der Waals surface area (Å²) in [6.07, 6.45) is 1.42. The molecule has 0 aromatic carbocycles. The lowest BCUT2D eigenvalue weighted by atomic mass is 10.3.